The van der Waals surface area contributed by atoms with E-state index >= 15 is 0 Å². The van der Waals surface area contributed by atoms with Crippen LogP contribution in [0.1, 0.15) is 27.3 Å². The minimum Gasteiger partial charge on any atom is -0.340 e. The Bertz CT molecular complexity index is 795. The Hall–Kier alpha value is -2.33. The molecule has 9 nitrogen and oxygen atoms in total. The fraction of sp³-hybridized carbons (Fsp3) is 0.467. The summed E-state index contributed by atoms with van der Waals surface area (Å²) in [4.78, 5) is 43.2. The van der Waals surface area contributed by atoms with E-state index < -0.39 is 21.8 Å². The lowest BCUT2D eigenvalue weighted by Crippen LogP contribution is -2.50. The highest BCUT2D eigenvalue weighted by atomic mass is 32.2. The summed E-state index contributed by atoms with van der Waals surface area (Å²) in [5.41, 5.74) is 0.364. The number of pyridine rings is 1. The molecule has 0 bridgehead atoms. The average Bonchev–Trinajstić information content (AvgIpc) is 2.83. The molecule has 3 rings (SSSR count). The van der Waals surface area contributed by atoms with E-state index in [2.05, 4.69) is 4.98 Å². The van der Waals surface area contributed by atoms with Crippen molar-refractivity contribution in [2.45, 2.75) is 6.42 Å². The first-order valence-corrected chi connectivity index (χ1v) is 9.68. The van der Waals surface area contributed by atoms with Gasteiger partial charge in [0.2, 0.25) is 15.9 Å². The maximum atomic E-state index is 12.3. The van der Waals surface area contributed by atoms with Crippen molar-refractivity contribution in [2.75, 3.05) is 39.0 Å². The summed E-state index contributed by atoms with van der Waals surface area (Å²) < 4.78 is 24.3. The molecule has 0 aliphatic carbocycles. The van der Waals surface area contributed by atoms with Gasteiger partial charge in [-0.3, -0.25) is 24.3 Å². The number of rotatable bonds is 4. The highest BCUT2D eigenvalue weighted by Gasteiger charge is 2.37. The van der Waals surface area contributed by atoms with E-state index in [0.29, 0.717) is 13.1 Å². The lowest BCUT2D eigenvalue weighted by Gasteiger charge is -2.33. The van der Waals surface area contributed by atoms with E-state index in [1.807, 2.05) is 0 Å². The fourth-order valence-corrected chi connectivity index (χ4v) is 3.78. The first kappa shape index (κ1) is 17.5. The number of nitrogens with zero attached hydrogens (tertiary/aromatic N) is 4. The Balaban J connectivity index is 1.56. The van der Waals surface area contributed by atoms with Gasteiger partial charge in [-0.25, -0.2) is 8.42 Å². The normalized spacial score (nSPS) is 18.6. The molecule has 0 N–H and O–H groups in total. The second kappa shape index (κ2) is 6.52. The molecule has 2 aliphatic rings. The van der Waals surface area contributed by atoms with Crippen LogP contribution in [0.5, 0.6) is 0 Å². The molecule has 1 fully saturated rings. The summed E-state index contributed by atoms with van der Waals surface area (Å²) in [7, 11) is -3.25. The van der Waals surface area contributed by atoms with Crippen LogP contribution in [0.15, 0.2) is 18.3 Å². The third-order valence-corrected chi connectivity index (χ3v) is 5.64. The third-order valence-electron chi connectivity index (χ3n) is 4.34. The summed E-state index contributed by atoms with van der Waals surface area (Å²) in [6, 6.07) is 3.12. The van der Waals surface area contributed by atoms with Crippen LogP contribution in [0.3, 0.4) is 0 Å². The van der Waals surface area contributed by atoms with Gasteiger partial charge in [-0.1, -0.05) is 0 Å². The molecule has 0 saturated carbocycles. The van der Waals surface area contributed by atoms with Crippen molar-refractivity contribution in [2.24, 2.45) is 0 Å². The summed E-state index contributed by atoms with van der Waals surface area (Å²) >= 11 is 0. The van der Waals surface area contributed by atoms with Gasteiger partial charge in [0, 0.05) is 45.3 Å². The van der Waals surface area contributed by atoms with E-state index in [4.69, 9.17) is 0 Å². The number of sulfonamides is 1. The molecule has 0 aromatic carbocycles. The van der Waals surface area contributed by atoms with Gasteiger partial charge in [0.15, 0.2) is 0 Å². The number of carbonyl (C=O) groups excluding carboxylic acids is 3. The van der Waals surface area contributed by atoms with Crippen molar-refractivity contribution in [3.05, 3.63) is 29.6 Å². The molecule has 0 atom stereocenters. The van der Waals surface area contributed by atoms with Crippen molar-refractivity contribution in [3.63, 3.8) is 0 Å². The minimum absolute atomic E-state index is 0.00431. The fourth-order valence-electron chi connectivity index (χ4n) is 2.95. The van der Waals surface area contributed by atoms with Gasteiger partial charge in [0.1, 0.15) is 5.69 Å². The molecule has 134 valence electrons. The van der Waals surface area contributed by atoms with Gasteiger partial charge in [0.05, 0.1) is 11.8 Å². The van der Waals surface area contributed by atoms with Crippen LogP contribution in [0, 0.1) is 0 Å². The molecule has 1 aromatic heterocycles. The Kier molecular flexibility index (Phi) is 4.56. The van der Waals surface area contributed by atoms with Crippen LogP contribution < -0.4 is 0 Å². The van der Waals surface area contributed by atoms with Crippen LogP contribution in [-0.4, -0.2) is 84.2 Å². The predicted octanol–water partition coefficient (Wildman–Crippen LogP) is -0.828. The van der Waals surface area contributed by atoms with Crippen LogP contribution in [0.4, 0.5) is 0 Å². The third kappa shape index (κ3) is 3.40. The minimum atomic E-state index is -3.25. The Labute approximate surface area is 145 Å². The molecule has 25 heavy (non-hydrogen) atoms. The van der Waals surface area contributed by atoms with E-state index in [1.165, 1.54) is 16.6 Å². The standard InChI is InChI=1S/C15H18N4O5S/c1-25(23,24)18-9-7-17(8-10-18)12(20)4-6-19-14(21)11-3-2-5-16-13(11)15(19)22/h2-3,5H,4,6-10H2,1H3. The molecular formula is C15H18N4O5S. The van der Waals surface area contributed by atoms with Gasteiger partial charge in [-0.2, -0.15) is 4.31 Å². The molecule has 0 spiro atoms. The maximum Gasteiger partial charge on any atom is 0.280 e. The second-order valence-corrected chi connectivity index (χ2v) is 7.94. The SMILES string of the molecule is CS(=O)(=O)N1CCN(C(=O)CCN2C(=O)c3cccnc3C2=O)CC1. The summed E-state index contributed by atoms with van der Waals surface area (Å²) in [6.45, 7) is 1.09. The van der Waals surface area contributed by atoms with Crippen molar-refractivity contribution < 1.29 is 22.8 Å². The number of carbonyl (C=O) groups is 3. The van der Waals surface area contributed by atoms with Crippen molar-refractivity contribution in [1.82, 2.24) is 19.1 Å². The second-order valence-electron chi connectivity index (χ2n) is 5.95. The topological polar surface area (TPSA) is 108 Å². The number of aromatic nitrogens is 1. The van der Waals surface area contributed by atoms with Crippen LogP contribution in [0.2, 0.25) is 0 Å². The van der Waals surface area contributed by atoms with Crippen LogP contribution >= 0.6 is 0 Å². The predicted molar refractivity (Wildman–Crippen MR) is 87.2 cm³/mol. The van der Waals surface area contributed by atoms with Gasteiger partial charge in [-0.15, -0.1) is 0 Å². The highest BCUT2D eigenvalue weighted by Crippen LogP contribution is 2.20. The van der Waals surface area contributed by atoms with Crippen LogP contribution in [0.25, 0.3) is 0 Å². The number of piperazine rings is 1. The van der Waals surface area contributed by atoms with Gasteiger partial charge in [-0.05, 0) is 12.1 Å². The maximum absolute atomic E-state index is 12.3. The number of hydrogen-bond donors (Lipinski definition) is 0. The molecule has 1 aromatic rings. The van der Waals surface area contributed by atoms with E-state index in [9.17, 15) is 22.8 Å². The molecule has 0 radical (unpaired) electrons. The van der Waals surface area contributed by atoms with Crippen molar-refractivity contribution in [3.8, 4) is 0 Å². The molecule has 2 aliphatic heterocycles. The molecular weight excluding hydrogens is 348 g/mol. The van der Waals surface area contributed by atoms with Crippen molar-refractivity contribution >= 4 is 27.7 Å². The molecule has 1 saturated heterocycles. The molecule has 10 heteroatoms. The lowest BCUT2D eigenvalue weighted by molar-refractivity contribution is -0.132. The summed E-state index contributed by atoms with van der Waals surface area (Å²) in [6.07, 6.45) is 2.59. The average molecular weight is 366 g/mol. The van der Waals surface area contributed by atoms with E-state index in [-0.39, 0.29) is 43.2 Å². The first-order valence-electron chi connectivity index (χ1n) is 7.83. The Morgan fingerprint density at radius 3 is 2.44 bits per heavy atom. The Morgan fingerprint density at radius 1 is 1.16 bits per heavy atom. The highest BCUT2D eigenvalue weighted by molar-refractivity contribution is 7.88. The summed E-state index contributed by atoms with van der Waals surface area (Å²) in [5.74, 6) is -1.14. The van der Waals surface area contributed by atoms with E-state index in [0.717, 1.165) is 11.2 Å². The largest absolute Gasteiger partial charge is 0.340 e. The monoisotopic (exact) mass is 366 g/mol. The van der Waals surface area contributed by atoms with Gasteiger partial charge in [0.25, 0.3) is 11.8 Å². The lowest BCUT2D eigenvalue weighted by atomic mass is 10.2. The zero-order valence-electron chi connectivity index (χ0n) is 13.7. The smallest absolute Gasteiger partial charge is 0.280 e. The van der Waals surface area contributed by atoms with Crippen molar-refractivity contribution in [1.29, 1.82) is 0 Å². The molecule has 0 unspecified atom stereocenters. The number of hydrogen-bond acceptors (Lipinski definition) is 6. The van der Waals surface area contributed by atoms with Crippen LogP contribution in [-0.2, 0) is 14.8 Å². The number of imide groups is 1. The van der Waals surface area contributed by atoms with Gasteiger partial charge >= 0.3 is 0 Å². The zero-order chi connectivity index (χ0) is 18.2. The zero-order valence-corrected chi connectivity index (χ0v) is 14.5. The quantitative estimate of drug-likeness (QED) is 0.644. The number of amides is 3. The Morgan fingerprint density at radius 2 is 1.84 bits per heavy atom. The summed E-state index contributed by atoms with van der Waals surface area (Å²) in [5, 5.41) is 0. The van der Waals surface area contributed by atoms with Gasteiger partial charge < -0.3 is 4.90 Å². The number of fused-ring (bicyclic) bond motifs is 1. The van der Waals surface area contributed by atoms with E-state index in [1.54, 1.807) is 11.0 Å². The first-order chi connectivity index (χ1) is 11.8. The molecule has 3 amide bonds. The molecule has 3 heterocycles.